The van der Waals surface area contributed by atoms with E-state index >= 15 is 0 Å². The van der Waals surface area contributed by atoms with Gasteiger partial charge in [0, 0.05) is 31.9 Å². The first kappa shape index (κ1) is 21.0. The molecule has 1 fully saturated rings. The van der Waals surface area contributed by atoms with E-state index in [1.807, 2.05) is 0 Å². The number of rotatable bonds is 5. The molecule has 156 valence electrons. The zero-order valence-electron chi connectivity index (χ0n) is 16.4. The van der Waals surface area contributed by atoms with Crippen molar-refractivity contribution in [3.63, 3.8) is 0 Å². The normalized spacial score (nSPS) is 14.9. The zero-order valence-corrected chi connectivity index (χ0v) is 16.4. The molecule has 0 saturated carbocycles. The molecule has 1 aromatic heterocycles. The Morgan fingerprint density at radius 2 is 1.86 bits per heavy atom. The third kappa shape index (κ3) is 4.67. The van der Waals surface area contributed by atoms with Gasteiger partial charge in [-0.2, -0.15) is 18.3 Å². The molecule has 0 bridgehead atoms. The van der Waals surface area contributed by atoms with Gasteiger partial charge in [0.15, 0.2) is 5.69 Å². The molecule has 0 radical (unpaired) electrons. The summed E-state index contributed by atoms with van der Waals surface area (Å²) in [6.45, 7) is 4.52. The molecule has 1 amide bonds. The lowest BCUT2D eigenvalue weighted by atomic mass is 10.1. The van der Waals surface area contributed by atoms with Gasteiger partial charge in [-0.1, -0.05) is 12.1 Å². The highest BCUT2D eigenvalue weighted by Crippen LogP contribution is 2.33. The monoisotopic (exact) mass is 408 g/mol. The molecule has 3 rings (SSSR count). The summed E-state index contributed by atoms with van der Waals surface area (Å²) < 4.78 is 41.2. The van der Waals surface area contributed by atoms with Gasteiger partial charge in [-0.15, -0.1) is 0 Å². The molecule has 29 heavy (non-hydrogen) atoms. The molecule has 9 heteroatoms. The minimum atomic E-state index is -4.59. The van der Waals surface area contributed by atoms with Gasteiger partial charge in [0.25, 0.3) is 5.91 Å². The fourth-order valence-electron chi connectivity index (χ4n) is 3.42. The molecular formula is C20H23F3N4O2. The van der Waals surface area contributed by atoms with Crippen LogP contribution in [0.2, 0.25) is 0 Å². The zero-order chi connectivity index (χ0) is 21.2. The van der Waals surface area contributed by atoms with Crippen molar-refractivity contribution in [2.75, 3.05) is 33.2 Å². The Hall–Kier alpha value is -2.68. The van der Waals surface area contributed by atoms with Gasteiger partial charge >= 0.3 is 6.18 Å². The van der Waals surface area contributed by atoms with Crippen molar-refractivity contribution >= 4 is 5.91 Å². The number of halogens is 3. The van der Waals surface area contributed by atoms with Crippen LogP contribution in [0.1, 0.15) is 34.6 Å². The predicted molar refractivity (Wildman–Crippen MR) is 102 cm³/mol. The van der Waals surface area contributed by atoms with Crippen LogP contribution in [0.25, 0.3) is 5.69 Å². The summed E-state index contributed by atoms with van der Waals surface area (Å²) in [5.74, 6) is -0.604. The number of likely N-dealkylation sites (N-methyl/N-ethyl adjacent to an activating group) is 1. The van der Waals surface area contributed by atoms with Gasteiger partial charge < -0.3 is 9.80 Å². The van der Waals surface area contributed by atoms with Crippen molar-refractivity contribution in [2.24, 2.45) is 0 Å². The number of aryl methyl sites for hydroxylation is 1. The number of carbonyl (C=O) groups is 1. The Bertz CT molecular complexity index is 949. The molecule has 1 saturated heterocycles. The first-order valence-corrected chi connectivity index (χ1v) is 9.44. The van der Waals surface area contributed by atoms with Crippen molar-refractivity contribution in [1.82, 2.24) is 19.6 Å². The van der Waals surface area contributed by atoms with Crippen LogP contribution in [0.15, 0.2) is 35.1 Å². The van der Waals surface area contributed by atoms with Crippen LogP contribution in [0.3, 0.4) is 0 Å². The molecule has 2 aromatic rings. The van der Waals surface area contributed by atoms with Crippen molar-refractivity contribution in [1.29, 1.82) is 0 Å². The van der Waals surface area contributed by atoms with E-state index in [0.717, 1.165) is 42.7 Å². The Balaban J connectivity index is 1.92. The summed E-state index contributed by atoms with van der Waals surface area (Å²) in [6, 6.07) is 6.08. The number of para-hydroxylation sites is 1. The number of carbonyl (C=O) groups excluding carboxylic acids is 1. The number of likely N-dealkylation sites (tertiary alicyclic amines) is 1. The summed E-state index contributed by atoms with van der Waals surface area (Å²) in [6.07, 6.45) is -2.34. The van der Waals surface area contributed by atoms with E-state index in [0.29, 0.717) is 13.1 Å². The van der Waals surface area contributed by atoms with Crippen LogP contribution in [0.5, 0.6) is 0 Å². The third-order valence-corrected chi connectivity index (χ3v) is 5.04. The molecule has 6 nitrogen and oxygen atoms in total. The number of hydrogen-bond donors (Lipinski definition) is 0. The van der Waals surface area contributed by atoms with Crippen LogP contribution in [-0.4, -0.2) is 58.7 Å². The number of alkyl halides is 3. The maximum Gasteiger partial charge on any atom is 0.418 e. The smallest absolute Gasteiger partial charge is 0.339 e. The second kappa shape index (κ2) is 8.36. The second-order valence-electron chi connectivity index (χ2n) is 7.20. The maximum atomic E-state index is 13.4. The Morgan fingerprint density at radius 3 is 2.52 bits per heavy atom. The first-order valence-electron chi connectivity index (χ1n) is 9.44. The minimum absolute atomic E-state index is 0.211. The van der Waals surface area contributed by atoms with Crippen molar-refractivity contribution in [3.05, 3.63) is 57.5 Å². The SMILES string of the molecule is Cc1cc(=O)c(C(=O)N(C)CCN2CCCC2)nn1-c1ccccc1C(F)(F)F. The van der Waals surface area contributed by atoms with Gasteiger partial charge in [-0.05, 0) is 45.0 Å². The topological polar surface area (TPSA) is 58.4 Å². The number of nitrogens with zero attached hydrogens (tertiary/aromatic N) is 4. The highest BCUT2D eigenvalue weighted by molar-refractivity contribution is 5.91. The fraction of sp³-hybridized carbons (Fsp3) is 0.450. The predicted octanol–water partition coefficient (Wildman–Crippen LogP) is 2.73. The van der Waals surface area contributed by atoms with E-state index in [9.17, 15) is 22.8 Å². The van der Waals surface area contributed by atoms with E-state index in [-0.39, 0.29) is 11.4 Å². The average molecular weight is 408 g/mol. The van der Waals surface area contributed by atoms with Crippen LogP contribution in [0, 0.1) is 6.92 Å². The maximum absolute atomic E-state index is 13.4. The van der Waals surface area contributed by atoms with Crippen LogP contribution >= 0.6 is 0 Å². The van der Waals surface area contributed by atoms with E-state index < -0.39 is 28.8 Å². The summed E-state index contributed by atoms with van der Waals surface area (Å²) in [5, 5.41) is 4.02. The Kier molecular flexibility index (Phi) is 6.07. The summed E-state index contributed by atoms with van der Waals surface area (Å²) in [4.78, 5) is 28.7. The molecule has 1 aromatic carbocycles. The third-order valence-electron chi connectivity index (χ3n) is 5.04. The fourth-order valence-corrected chi connectivity index (χ4v) is 3.42. The molecule has 2 heterocycles. The van der Waals surface area contributed by atoms with Crippen molar-refractivity contribution in [2.45, 2.75) is 25.9 Å². The molecule has 0 unspecified atom stereocenters. The molecule has 1 aliphatic rings. The van der Waals surface area contributed by atoms with Gasteiger partial charge in [0.1, 0.15) is 0 Å². The van der Waals surface area contributed by atoms with Crippen LogP contribution in [-0.2, 0) is 6.18 Å². The van der Waals surface area contributed by atoms with E-state index in [2.05, 4.69) is 10.00 Å². The quantitative estimate of drug-likeness (QED) is 0.764. The van der Waals surface area contributed by atoms with Crippen molar-refractivity contribution in [3.8, 4) is 5.69 Å². The first-order chi connectivity index (χ1) is 13.7. The van der Waals surface area contributed by atoms with Gasteiger partial charge in [-0.25, -0.2) is 4.68 Å². The standard InChI is InChI=1S/C20H23F3N4O2/c1-14-13-17(28)18(19(29)25(2)11-12-26-9-5-6-10-26)24-27(14)16-8-4-3-7-15(16)20(21,22)23/h3-4,7-8,13H,5-6,9-12H2,1-2H3. The number of benzene rings is 1. The van der Waals surface area contributed by atoms with E-state index in [1.54, 1.807) is 7.05 Å². The Labute approximate surface area is 166 Å². The lowest BCUT2D eigenvalue weighted by Crippen LogP contribution is -2.38. The number of hydrogen-bond acceptors (Lipinski definition) is 4. The molecule has 0 aliphatic carbocycles. The van der Waals surface area contributed by atoms with E-state index in [4.69, 9.17) is 0 Å². The number of amides is 1. The van der Waals surface area contributed by atoms with Gasteiger partial charge in [0.05, 0.1) is 11.3 Å². The second-order valence-corrected chi connectivity index (χ2v) is 7.20. The minimum Gasteiger partial charge on any atom is -0.339 e. The van der Waals surface area contributed by atoms with Gasteiger partial charge in [-0.3, -0.25) is 9.59 Å². The largest absolute Gasteiger partial charge is 0.418 e. The summed E-state index contributed by atoms with van der Waals surface area (Å²) in [7, 11) is 1.56. The molecular weight excluding hydrogens is 385 g/mol. The summed E-state index contributed by atoms with van der Waals surface area (Å²) >= 11 is 0. The van der Waals surface area contributed by atoms with E-state index in [1.165, 1.54) is 30.0 Å². The Morgan fingerprint density at radius 1 is 1.21 bits per heavy atom. The summed E-state index contributed by atoms with van der Waals surface area (Å²) in [5.41, 5.74) is -1.91. The number of aromatic nitrogens is 2. The average Bonchev–Trinajstić information content (AvgIpc) is 3.18. The highest BCUT2D eigenvalue weighted by Gasteiger charge is 2.34. The molecule has 0 N–H and O–H groups in total. The molecule has 1 aliphatic heterocycles. The van der Waals surface area contributed by atoms with Crippen LogP contribution in [0.4, 0.5) is 13.2 Å². The van der Waals surface area contributed by atoms with Crippen molar-refractivity contribution < 1.29 is 18.0 Å². The highest BCUT2D eigenvalue weighted by atomic mass is 19.4. The lowest BCUT2D eigenvalue weighted by molar-refractivity contribution is -0.137. The van der Waals surface area contributed by atoms with Gasteiger partial charge in [0.2, 0.25) is 5.43 Å². The molecule has 0 atom stereocenters. The van der Waals surface area contributed by atoms with Crippen LogP contribution < -0.4 is 5.43 Å². The molecule has 0 spiro atoms. The lowest BCUT2D eigenvalue weighted by Gasteiger charge is -2.22.